The number of nitrogen functional groups attached to an aromatic ring is 1. The van der Waals surface area contributed by atoms with E-state index in [1.54, 1.807) is 6.92 Å². The van der Waals surface area contributed by atoms with Crippen molar-refractivity contribution in [3.63, 3.8) is 0 Å². The fraction of sp³-hybridized carbons (Fsp3) is 0.308. The van der Waals surface area contributed by atoms with Crippen LogP contribution in [0.4, 0.5) is 5.95 Å². The fourth-order valence-electron chi connectivity index (χ4n) is 1.59. The Hall–Kier alpha value is -2.17. The standard InChI is InChI=1S/C13H16N4O/c1-8(2)18-11-6-4-10(5-7-11)12-15-9(3)16-13(14)17-12/h4-8H,1-3H3,(H2,14,15,16,17). The molecule has 0 fully saturated rings. The van der Waals surface area contributed by atoms with E-state index in [0.29, 0.717) is 11.6 Å². The van der Waals surface area contributed by atoms with Gasteiger partial charge in [-0.1, -0.05) is 0 Å². The molecule has 5 heteroatoms. The Bertz CT molecular complexity index is 517. The number of aromatic nitrogens is 3. The number of anilines is 1. The molecule has 2 aromatic rings. The van der Waals surface area contributed by atoms with Crippen LogP contribution in [-0.2, 0) is 0 Å². The summed E-state index contributed by atoms with van der Waals surface area (Å²) in [6.07, 6.45) is 0.158. The molecule has 0 aliphatic carbocycles. The first-order valence-electron chi connectivity index (χ1n) is 5.80. The van der Waals surface area contributed by atoms with E-state index in [2.05, 4.69) is 15.0 Å². The van der Waals surface area contributed by atoms with E-state index in [-0.39, 0.29) is 12.1 Å². The Kier molecular flexibility index (Phi) is 3.41. The zero-order chi connectivity index (χ0) is 13.1. The van der Waals surface area contributed by atoms with E-state index in [9.17, 15) is 0 Å². The molecule has 0 atom stereocenters. The molecule has 0 amide bonds. The highest BCUT2D eigenvalue weighted by atomic mass is 16.5. The van der Waals surface area contributed by atoms with Crippen molar-refractivity contribution in [3.8, 4) is 17.1 Å². The average Bonchev–Trinajstić information content (AvgIpc) is 2.27. The van der Waals surface area contributed by atoms with Crippen LogP contribution in [0, 0.1) is 6.92 Å². The van der Waals surface area contributed by atoms with Gasteiger partial charge < -0.3 is 10.5 Å². The number of nitrogens with zero attached hydrogens (tertiary/aromatic N) is 3. The van der Waals surface area contributed by atoms with E-state index < -0.39 is 0 Å². The number of hydrogen-bond donors (Lipinski definition) is 1. The molecule has 94 valence electrons. The molecule has 0 aliphatic heterocycles. The fourth-order valence-corrected chi connectivity index (χ4v) is 1.59. The van der Waals surface area contributed by atoms with Gasteiger partial charge in [-0.05, 0) is 45.0 Å². The highest BCUT2D eigenvalue weighted by Crippen LogP contribution is 2.20. The number of ether oxygens (including phenoxy) is 1. The Morgan fingerprint density at radius 1 is 1.06 bits per heavy atom. The van der Waals surface area contributed by atoms with Crippen molar-refractivity contribution in [2.45, 2.75) is 26.9 Å². The normalized spacial score (nSPS) is 10.7. The van der Waals surface area contributed by atoms with Gasteiger partial charge in [-0.15, -0.1) is 0 Å². The van der Waals surface area contributed by atoms with Crippen molar-refractivity contribution in [1.29, 1.82) is 0 Å². The van der Waals surface area contributed by atoms with Crippen molar-refractivity contribution < 1.29 is 4.74 Å². The molecule has 0 unspecified atom stereocenters. The van der Waals surface area contributed by atoms with Crippen LogP contribution >= 0.6 is 0 Å². The molecular formula is C13H16N4O. The first-order chi connectivity index (χ1) is 8.54. The number of aryl methyl sites for hydroxylation is 1. The molecule has 1 aromatic carbocycles. The first-order valence-corrected chi connectivity index (χ1v) is 5.80. The molecule has 5 nitrogen and oxygen atoms in total. The average molecular weight is 244 g/mol. The summed E-state index contributed by atoms with van der Waals surface area (Å²) >= 11 is 0. The van der Waals surface area contributed by atoms with Crippen molar-refractivity contribution >= 4 is 5.95 Å². The van der Waals surface area contributed by atoms with Gasteiger partial charge in [0, 0.05) is 5.56 Å². The summed E-state index contributed by atoms with van der Waals surface area (Å²) in [6, 6.07) is 7.60. The third-order valence-electron chi connectivity index (χ3n) is 2.25. The van der Waals surface area contributed by atoms with Crippen molar-refractivity contribution in [3.05, 3.63) is 30.1 Å². The minimum Gasteiger partial charge on any atom is -0.491 e. The van der Waals surface area contributed by atoms with Gasteiger partial charge in [0.15, 0.2) is 5.82 Å². The van der Waals surface area contributed by atoms with Gasteiger partial charge in [0.05, 0.1) is 6.10 Å². The SMILES string of the molecule is Cc1nc(N)nc(-c2ccc(OC(C)C)cc2)n1. The lowest BCUT2D eigenvalue weighted by molar-refractivity contribution is 0.242. The van der Waals surface area contributed by atoms with Crippen molar-refractivity contribution in [1.82, 2.24) is 15.0 Å². The molecule has 0 radical (unpaired) electrons. The molecule has 2 rings (SSSR count). The van der Waals surface area contributed by atoms with E-state index in [1.807, 2.05) is 38.1 Å². The zero-order valence-electron chi connectivity index (χ0n) is 10.7. The monoisotopic (exact) mass is 244 g/mol. The second kappa shape index (κ2) is 5.00. The van der Waals surface area contributed by atoms with Crippen LogP contribution in [-0.4, -0.2) is 21.1 Å². The molecule has 1 heterocycles. The first kappa shape index (κ1) is 12.3. The van der Waals surface area contributed by atoms with Gasteiger partial charge in [-0.25, -0.2) is 4.98 Å². The summed E-state index contributed by atoms with van der Waals surface area (Å²) in [5.41, 5.74) is 6.50. The predicted octanol–water partition coefficient (Wildman–Crippen LogP) is 2.22. The molecular weight excluding hydrogens is 228 g/mol. The summed E-state index contributed by atoms with van der Waals surface area (Å²) < 4.78 is 5.57. The van der Waals surface area contributed by atoms with Crippen LogP contribution in [0.3, 0.4) is 0 Å². The number of benzene rings is 1. The van der Waals surface area contributed by atoms with Crippen LogP contribution in [0.1, 0.15) is 19.7 Å². The maximum atomic E-state index is 5.61. The number of hydrogen-bond acceptors (Lipinski definition) is 5. The van der Waals surface area contributed by atoms with Crippen LogP contribution in [0.5, 0.6) is 5.75 Å². The lowest BCUT2D eigenvalue weighted by Gasteiger charge is -2.09. The van der Waals surface area contributed by atoms with Crippen LogP contribution in [0.25, 0.3) is 11.4 Å². The van der Waals surface area contributed by atoms with E-state index in [4.69, 9.17) is 10.5 Å². The summed E-state index contributed by atoms with van der Waals surface area (Å²) in [5.74, 6) is 2.25. The third kappa shape index (κ3) is 2.94. The predicted molar refractivity (Wildman–Crippen MR) is 70.2 cm³/mol. The van der Waals surface area contributed by atoms with Gasteiger partial charge in [-0.2, -0.15) is 9.97 Å². The highest BCUT2D eigenvalue weighted by Gasteiger charge is 2.05. The Balaban J connectivity index is 2.28. The Morgan fingerprint density at radius 3 is 2.28 bits per heavy atom. The Labute approximate surface area is 106 Å². The van der Waals surface area contributed by atoms with E-state index in [1.165, 1.54) is 0 Å². The summed E-state index contributed by atoms with van der Waals surface area (Å²) in [7, 11) is 0. The quantitative estimate of drug-likeness (QED) is 0.896. The topological polar surface area (TPSA) is 73.9 Å². The second-order valence-corrected chi connectivity index (χ2v) is 4.26. The maximum Gasteiger partial charge on any atom is 0.223 e. The number of rotatable bonds is 3. The van der Waals surface area contributed by atoms with E-state index >= 15 is 0 Å². The minimum absolute atomic E-state index is 0.158. The third-order valence-corrected chi connectivity index (χ3v) is 2.25. The minimum atomic E-state index is 0.158. The largest absolute Gasteiger partial charge is 0.491 e. The molecule has 2 N–H and O–H groups in total. The lowest BCUT2D eigenvalue weighted by Crippen LogP contribution is -2.05. The smallest absolute Gasteiger partial charge is 0.223 e. The lowest BCUT2D eigenvalue weighted by atomic mass is 10.2. The Morgan fingerprint density at radius 2 is 1.72 bits per heavy atom. The molecule has 0 spiro atoms. The number of nitrogens with two attached hydrogens (primary N) is 1. The molecule has 0 aliphatic rings. The van der Waals surface area contributed by atoms with Crippen molar-refractivity contribution in [2.75, 3.05) is 5.73 Å². The van der Waals surface area contributed by atoms with Crippen LogP contribution in [0.15, 0.2) is 24.3 Å². The molecule has 0 bridgehead atoms. The van der Waals surface area contributed by atoms with Gasteiger partial charge in [0.1, 0.15) is 11.6 Å². The summed E-state index contributed by atoms with van der Waals surface area (Å²) in [5, 5.41) is 0. The molecule has 18 heavy (non-hydrogen) atoms. The van der Waals surface area contributed by atoms with Gasteiger partial charge >= 0.3 is 0 Å². The maximum absolute atomic E-state index is 5.61. The molecule has 1 aromatic heterocycles. The van der Waals surface area contributed by atoms with E-state index in [0.717, 1.165) is 11.3 Å². The van der Waals surface area contributed by atoms with Gasteiger partial charge in [-0.3, -0.25) is 0 Å². The van der Waals surface area contributed by atoms with Crippen LogP contribution < -0.4 is 10.5 Å². The zero-order valence-corrected chi connectivity index (χ0v) is 10.7. The van der Waals surface area contributed by atoms with Crippen LogP contribution in [0.2, 0.25) is 0 Å². The molecule has 0 saturated carbocycles. The highest BCUT2D eigenvalue weighted by molar-refractivity contribution is 5.57. The molecule has 0 saturated heterocycles. The van der Waals surface area contributed by atoms with Gasteiger partial charge in [0.2, 0.25) is 5.95 Å². The summed E-state index contributed by atoms with van der Waals surface area (Å²) in [6.45, 7) is 5.77. The van der Waals surface area contributed by atoms with Crippen molar-refractivity contribution in [2.24, 2.45) is 0 Å². The second-order valence-electron chi connectivity index (χ2n) is 4.26. The summed E-state index contributed by atoms with van der Waals surface area (Å²) in [4.78, 5) is 12.3. The van der Waals surface area contributed by atoms with Gasteiger partial charge in [0.25, 0.3) is 0 Å².